The number of aromatic nitrogens is 1. The number of primary amides is 1. The lowest BCUT2D eigenvalue weighted by atomic mass is 10.2. The number of anilines is 1. The highest BCUT2D eigenvalue weighted by Crippen LogP contribution is 2.11. The number of ether oxygens (including phenoxy) is 1. The third kappa shape index (κ3) is 4.16. The van der Waals surface area contributed by atoms with Gasteiger partial charge in [0.15, 0.2) is 6.10 Å². The number of nitrogens with zero attached hydrogens (tertiary/aromatic N) is 1. The van der Waals surface area contributed by atoms with E-state index in [4.69, 9.17) is 15.0 Å². The zero-order valence-electron chi connectivity index (χ0n) is 12.5. The van der Waals surface area contributed by atoms with Crippen LogP contribution in [0.25, 0.3) is 0 Å². The largest absolute Gasteiger partial charge is 0.447 e. The zero-order valence-corrected chi connectivity index (χ0v) is 12.5. The van der Waals surface area contributed by atoms with Gasteiger partial charge in [-0.1, -0.05) is 5.16 Å². The van der Waals surface area contributed by atoms with Crippen LogP contribution >= 0.6 is 0 Å². The SMILES string of the molecule is Cc1cc(C(=O)O[C@@H](C)C(=O)Nc2ccc(C(N)=O)cc2)on1. The summed E-state index contributed by atoms with van der Waals surface area (Å²) in [6, 6.07) is 7.41. The van der Waals surface area contributed by atoms with Crippen LogP contribution in [0, 0.1) is 6.92 Å². The van der Waals surface area contributed by atoms with Crippen molar-refractivity contribution in [2.45, 2.75) is 20.0 Å². The van der Waals surface area contributed by atoms with Gasteiger partial charge in [-0.3, -0.25) is 9.59 Å². The van der Waals surface area contributed by atoms with Gasteiger partial charge in [-0.15, -0.1) is 0 Å². The highest BCUT2D eigenvalue weighted by Gasteiger charge is 2.21. The van der Waals surface area contributed by atoms with Crippen LogP contribution in [0.1, 0.15) is 33.5 Å². The Balaban J connectivity index is 1.94. The summed E-state index contributed by atoms with van der Waals surface area (Å²) in [5.41, 5.74) is 6.42. The van der Waals surface area contributed by atoms with Gasteiger partial charge in [0.2, 0.25) is 11.7 Å². The molecule has 1 aromatic carbocycles. The van der Waals surface area contributed by atoms with Gasteiger partial charge >= 0.3 is 5.97 Å². The molecule has 2 rings (SSSR count). The quantitative estimate of drug-likeness (QED) is 0.800. The lowest BCUT2D eigenvalue weighted by Crippen LogP contribution is -2.29. The lowest BCUT2D eigenvalue weighted by molar-refractivity contribution is -0.123. The molecule has 8 nitrogen and oxygen atoms in total. The van der Waals surface area contributed by atoms with Crippen molar-refractivity contribution in [3.63, 3.8) is 0 Å². The van der Waals surface area contributed by atoms with E-state index in [2.05, 4.69) is 10.5 Å². The third-order valence-corrected chi connectivity index (χ3v) is 2.92. The maximum atomic E-state index is 12.0. The van der Waals surface area contributed by atoms with Gasteiger partial charge < -0.3 is 20.3 Å². The highest BCUT2D eigenvalue weighted by molar-refractivity contribution is 5.97. The first-order valence-corrected chi connectivity index (χ1v) is 6.72. The van der Waals surface area contributed by atoms with Gasteiger partial charge in [0.25, 0.3) is 5.91 Å². The molecule has 0 fully saturated rings. The number of nitrogens with one attached hydrogen (secondary N) is 1. The molecule has 0 aliphatic rings. The number of carbonyl (C=O) groups is 3. The fraction of sp³-hybridized carbons (Fsp3) is 0.200. The smallest absolute Gasteiger partial charge is 0.377 e. The minimum absolute atomic E-state index is 0.0760. The van der Waals surface area contributed by atoms with E-state index in [-0.39, 0.29) is 5.76 Å². The van der Waals surface area contributed by atoms with Crippen LogP contribution in [0.3, 0.4) is 0 Å². The second kappa shape index (κ2) is 6.73. The van der Waals surface area contributed by atoms with Gasteiger partial charge in [0.05, 0.1) is 5.69 Å². The third-order valence-electron chi connectivity index (χ3n) is 2.92. The molecule has 2 amide bonds. The lowest BCUT2D eigenvalue weighted by Gasteiger charge is -2.12. The number of amides is 2. The summed E-state index contributed by atoms with van der Waals surface area (Å²) in [5, 5.41) is 6.12. The Kier molecular flexibility index (Phi) is 4.75. The number of hydrogen-bond acceptors (Lipinski definition) is 6. The molecular weight excluding hydrogens is 302 g/mol. The van der Waals surface area contributed by atoms with Crippen LogP contribution in [-0.2, 0) is 9.53 Å². The molecular formula is C15H15N3O5. The number of aryl methyl sites for hydroxylation is 1. The van der Waals surface area contributed by atoms with Crippen molar-refractivity contribution in [3.05, 3.63) is 47.3 Å². The summed E-state index contributed by atoms with van der Waals surface area (Å²) in [4.78, 5) is 34.7. The second-order valence-electron chi connectivity index (χ2n) is 4.81. The topological polar surface area (TPSA) is 125 Å². The number of rotatable bonds is 5. The predicted octanol–water partition coefficient (Wildman–Crippen LogP) is 1.27. The van der Waals surface area contributed by atoms with E-state index in [9.17, 15) is 14.4 Å². The molecule has 0 radical (unpaired) electrons. The zero-order chi connectivity index (χ0) is 17.0. The van der Waals surface area contributed by atoms with Crippen LogP contribution in [0.5, 0.6) is 0 Å². The summed E-state index contributed by atoms with van der Waals surface area (Å²) in [5.74, 6) is -1.95. The standard InChI is InChI=1S/C15H15N3O5/c1-8-7-12(23-18-8)15(21)22-9(2)14(20)17-11-5-3-10(4-6-11)13(16)19/h3-7,9H,1-2H3,(H2,16,19)(H,17,20)/t9-/m0/s1. The molecule has 0 saturated carbocycles. The van der Waals surface area contributed by atoms with E-state index in [1.54, 1.807) is 6.92 Å². The number of hydrogen-bond donors (Lipinski definition) is 2. The Morgan fingerprint density at radius 1 is 1.26 bits per heavy atom. The van der Waals surface area contributed by atoms with Crippen molar-refractivity contribution in [3.8, 4) is 0 Å². The van der Waals surface area contributed by atoms with E-state index in [1.807, 2.05) is 0 Å². The second-order valence-corrected chi connectivity index (χ2v) is 4.81. The fourth-order valence-corrected chi connectivity index (χ4v) is 1.69. The molecule has 1 atom stereocenters. The maximum Gasteiger partial charge on any atom is 0.377 e. The molecule has 0 spiro atoms. The average molecular weight is 317 g/mol. The Labute approximate surface area is 131 Å². The van der Waals surface area contributed by atoms with E-state index in [0.29, 0.717) is 16.9 Å². The average Bonchev–Trinajstić information content (AvgIpc) is 2.94. The Bertz CT molecular complexity index is 736. The summed E-state index contributed by atoms with van der Waals surface area (Å²) in [6.07, 6.45) is -1.04. The molecule has 0 saturated heterocycles. The minimum atomic E-state index is -1.04. The first kappa shape index (κ1) is 16.2. The molecule has 0 bridgehead atoms. The van der Waals surface area contributed by atoms with Crippen LogP contribution in [-0.4, -0.2) is 29.0 Å². The van der Waals surface area contributed by atoms with Gasteiger partial charge in [-0.05, 0) is 38.1 Å². The molecule has 8 heteroatoms. The first-order chi connectivity index (χ1) is 10.9. The van der Waals surface area contributed by atoms with Crippen molar-refractivity contribution < 1.29 is 23.6 Å². The summed E-state index contributed by atoms with van der Waals surface area (Å²) in [7, 11) is 0. The summed E-state index contributed by atoms with van der Waals surface area (Å²) >= 11 is 0. The molecule has 120 valence electrons. The molecule has 1 heterocycles. The molecule has 23 heavy (non-hydrogen) atoms. The Morgan fingerprint density at radius 2 is 1.91 bits per heavy atom. The first-order valence-electron chi connectivity index (χ1n) is 6.72. The van der Waals surface area contributed by atoms with Crippen molar-refractivity contribution in [1.82, 2.24) is 5.16 Å². The van der Waals surface area contributed by atoms with Crippen molar-refractivity contribution >= 4 is 23.5 Å². The predicted molar refractivity (Wildman–Crippen MR) is 79.7 cm³/mol. The van der Waals surface area contributed by atoms with E-state index >= 15 is 0 Å². The van der Waals surface area contributed by atoms with E-state index in [0.717, 1.165) is 0 Å². The Morgan fingerprint density at radius 3 is 2.43 bits per heavy atom. The number of carbonyl (C=O) groups excluding carboxylic acids is 3. The van der Waals surface area contributed by atoms with Crippen molar-refractivity contribution in [2.24, 2.45) is 5.73 Å². The van der Waals surface area contributed by atoms with Gasteiger partial charge in [-0.25, -0.2) is 4.79 Å². The van der Waals surface area contributed by atoms with Crippen molar-refractivity contribution in [1.29, 1.82) is 0 Å². The van der Waals surface area contributed by atoms with Gasteiger partial charge in [0, 0.05) is 17.3 Å². The normalized spacial score (nSPS) is 11.6. The van der Waals surface area contributed by atoms with Crippen molar-refractivity contribution in [2.75, 3.05) is 5.32 Å². The fourth-order valence-electron chi connectivity index (χ4n) is 1.69. The number of benzene rings is 1. The summed E-state index contributed by atoms with van der Waals surface area (Å²) in [6.45, 7) is 3.08. The maximum absolute atomic E-state index is 12.0. The molecule has 0 aliphatic carbocycles. The molecule has 0 unspecified atom stereocenters. The van der Waals surface area contributed by atoms with Crippen LogP contribution in [0.2, 0.25) is 0 Å². The molecule has 1 aromatic heterocycles. The van der Waals surface area contributed by atoms with Gasteiger partial charge in [0.1, 0.15) is 0 Å². The highest BCUT2D eigenvalue weighted by atomic mass is 16.6. The van der Waals surface area contributed by atoms with Crippen LogP contribution in [0.15, 0.2) is 34.9 Å². The number of esters is 1. The summed E-state index contributed by atoms with van der Waals surface area (Å²) < 4.78 is 9.75. The van der Waals surface area contributed by atoms with Crippen LogP contribution < -0.4 is 11.1 Å². The monoisotopic (exact) mass is 317 g/mol. The minimum Gasteiger partial charge on any atom is -0.447 e. The molecule has 0 aliphatic heterocycles. The molecule has 2 aromatic rings. The van der Waals surface area contributed by atoms with Crippen LogP contribution in [0.4, 0.5) is 5.69 Å². The Hall–Kier alpha value is -3.16. The molecule has 3 N–H and O–H groups in total. The van der Waals surface area contributed by atoms with E-state index < -0.39 is 23.9 Å². The number of nitrogens with two attached hydrogens (primary N) is 1. The van der Waals surface area contributed by atoms with Gasteiger partial charge in [-0.2, -0.15) is 0 Å². The van der Waals surface area contributed by atoms with E-state index in [1.165, 1.54) is 37.3 Å².